The van der Waals surface area contributed by atoms with Crippen LogP contribution in [-0.2, 0) is 0 Å². The molecule has 0 saturated carbocycles. The molecule has 0 spiro atoms. The number of anilines is 1. The van der Waals surface area contributed by atoms with Crippen molar-refractivity contribution in [2.75, 3.05) is 11.9 Å². The van der Waals surface area contributed by atoms with Gasteiger partial charge in [0.25, 0.3) is 0 Å². The second kappa shape index (κ2) is 7.72. The van der Waals surface area contributed by atoms with Crippen molar-refractivity contribution >= 4 is 29.0 Å². The third-order valence-corrected chi connectivity index (χ3v) is 3.27. The van der Waals surface area contributed by atoms with Crippen LogP contribution in [0.4, 0.5) is 5.82 Å². The third kappa shape index (κ3) is 5.09. The van der Waals surface area contributed by atoms with Crippen LogP contribution in [-0.4, -0.2) is 16.5 Å². The molecule has 1 heterocycles. The minimum atomic E-state index is 0.221. The van der Waals surface area contributed by atoms with Gasteiger partial charge in [0.1, 0.15) is 10.8 Å². The molecular formula is C12H19Cl2N3. The first-order chi connectivity index (χ1) is 8.17. The highest BCUT2D eigenvalue weighted by Crippen LogP contribution is 2.21. The minimum absolute atomic E-state index is 0.221. The van der Waals surface area contributed by atoms with E-state index in [1.165, 1.54) is 25.5 Å². The number of rotatable bonds is 7. The van der Waals surface area contributed by atoms with Gasteiger partial charge >= 0.3 is 0 Å². The lowest BCUT2D eigenvalue weighted by atomic mass is 9.99. The van der Waals surface area contributed by atoms with Crippen molar-refractivity contribution < 1.29 is 0 Å². The highest BCUT2D eigenvalue weighted by atomic mass is 35.5. The molecule has 0 aromatic carbocycles. The van der Waals surface area contributed by atoms with Gasteiger partial charge in [-0.05, 0) is 23.9 Å². The van der Waals surface area contributed by atoms with Crippen molar-refractivity contribution in [3.8, 4) is 0 Å². The lowest BCUT2D eigenvalue weighted by molar-refractivity contribution is 0.472. The van der Waals surface area contributed by atoms with E-state index in [0.29, 0.717) is 16.8 Å². The van der Waals surface area contributed by atoms with Gasteiger partial charge in [-0.15, -0.1) is 0 Å². The fraction of sp³-hybridized carbons (Fsp3) is 0.667. The molecule has 1 unspecified atom stereocenters. The number of unbranched alkanes of at least 4 members (excludes halogenated alkanes) is 1. The molecule has 96 valence electrons. The summed E-state index contributed by atoms with van der Waals surface area (Å²) in [6, 6.07) is 0. The van der Waals surface area contributed by atoms with Crippen molar-refractivity contribution in [2.24, 2.45) is 5.92 Å². The monoisotopic (exact) mass is 275 g/mol. The van der Waals surface area contributed by atoms with Crippen LogP contribution in [0.2, 0.25) is 10.3 Å². The fourth-order valence-electron chi connectivity index (χ4n) is 1.65. The Kier molecular flexibility index (Phi) is 6.60. The molecule has 5 heteroatoms. The topological polar surface area (TPSA) is 37.8 Å². The standard InChI is InChI=1S/C12H19Cl2N3/c1-3-5-6-9(4-2)7-15-11-10(13)8-16-12(14)17-11/h8-9H,3-7H2,1-2H3,(H,15,16,17). The lowest BCUT2D eigenvalue weighted by Gasteiger charge is -2.16. The number of nitrogens with one attached hydrogen (secondary N) is 1. The molecule has 1 N–H and O–H groups in total. The first kappa shape index (κ1) is 14.5. The normalized spacial score (nSPS) is 12.5. The summed E-state index contributed by atoms with van der Waals surface area (Å²) in [6.45, 7) is 5.29. The molecule has 1 aromatic rings. The summed E-state index contributed by atoms with van der Waals surface area (Å²) in [5.74, 6) is 1.28. The van der Waals surface area contributed by atoms with E-state index in [1.54, 1.807) is 0 Å². The Hall–Kier alpha value is -0.540. The Morgan fingerprint density at radius 3 is 2.76 bits per heavy atom. The van der Waals surface area contributed by atoms with Crippen LogP contribution in [0.1, 0.15) is 39.5 Å². The van der Waals surface area contributed by atoms with E-state index >= 15 is 0 Å². The molecule has 1 rings (SSSR count). The summed E-state index contributed by atoms with van der Waals surface area (Å²) in [6.07, 6.45) is 6.40. The molecule has 0 fully saturated rings. The molecule has 0 aliphatic carbocycles. The van der Waals surface area contributed by atoms with Gasteiger partial charge in [0.05, 0.1) is 6.20 Å². The van der Waals surface area contributed by atoms with E-state index < -0.39 is 0 Å². The summed E-state index contributed by atoms with van der Waals surface area (Å²) < 4.78 is 0. The molecule has 0 aliphatic rings. The van der Waals surface area contributed by atoms with E-state index in [2.05, 4.69) is 29.1 Å². The fourth-order valence-corrected chi connectivity index (χ4v) is 1.95. The average Bonchev–Trinajstić information content (AvgIpc) is 2.33. The van der Waals surface area contributed by atoms with Crippen molar-refractivity contribution in [3.63, 3.8) is 0 Å². The van der Waals surface area contributed by atoms with Gasteiger partial charge < -0.3 is 5.32 Å². The van der Waals surface area contributed by atoms with Crippen LogP contribution < -0.4 is 5.32 Å². The zero-order valence-corrected chi connectivity index (χ0v) is 11.9. The maximum Gasteiger partial charge on any atom is 0.224 e. The molecule has 0 aliphatic heterocycles. The summed E-state index contributed by atoms with van der Waals surface area (Å²) in [5, 5.41) is 3.98. The van der Waals surface area contributed by atoms with Gasteiger partial charge in [-0.1, -0.05) is 44.7 Å². The maximum atomic E-state index is 5.98. The maximum absolute atomic E-state index is 5.98. The second-order valence-corrected chi connectivity index (χ2v) is 4.88. The van der Waals surface area contributed by atoms with Gasteiger partial charge in [-0.3, -0.25) is 0 Å². The average molecular weight is 276 g/mol. The quantitative estimate of drug-likeness (QED) is 0.749. The van der Waals surface area contributed by atoms with Crippen molar-refractivity contribution in [3.05, 3.63) is 16.5 Å². The zero-order chi connectivity index (χ0) is 12.7. The number of nitrogens with zero attached hydrogens (tertiary/aromatic N) is 2. The van der Waals surface area contributed by atoms with E-state index in [-0.39, 0.29) is 5.28 Å². The van der Waals surface area contributed by atoms with Gasteiger partial charge in [0.2, 0.25) is 5.28 Å². The first-order valence-electron chi connectivity index (χ1n) is 6.09. The van der Waals surface area contributed by atoms with Crippen LogP contribution in [0.5, 0.6) is 0 Å². The van der Waals surface area contributed by atoms with Gasteiger partial charge in [-0.2, -0.15) is 4.98 Å². The first-order valence-corrected chi connectivity index (χ1v) is 6.84. The lowest BCUT2D eigenvalue weighted by Crippen LogP contribution is -2.14. The molecule has 0 radical (unpaired) electrons. The van der Waals surface area contributed by atoms with E-state index in [0.717, 1.165) is 13.0 Å². The Balaban J connectivity index is 2.50. The predicted octanol–water partition coefficient (Wildman–Crippen LogP) is 4.41. The number of hydrogen-bond acceptors (Lipinski definition) is 3. The molecule has 1 atom stereocenters. The van der Waals surface area contributed by atoms with Crippen molar-refractivity contribution in [1.82, 2.24) is 9.97 Å². The van der Waals surface area contributed by atoms with Crippen LogP contribution in [0.15, 0.2) is 6.20 Å². The largest absolute Gasteiger partial charge is 0.368 e. The number of halogens is 2. The Labute approximate surface area is 113 Å². The number of aromatic nitrogens is 2. The molecule has 17 heavy (non-hydrogen) atoms. The van der Waals surface area contributed by atoms with E-state index in [1.807, 2.05) is 0 Å². The highest BCUT2D eigenvalue weighted by molar-refractivity contribution is 6.33. The minimum Gasteiger partial charge on any atom is -0.368 e. The van der Waals surface area contributed by atoms with Gasteiger partial charge in [-0.25, -0.2) is 4.98 Å². The summed E-state index contributed by atoms with van der Waals surface area (Å²) in [5.41, 5.74) is 0. The smallest absolute Gasteiger partial charge is 0.224 e. The molecule has 0 bridgehead atoms. The second-order valence-electron chi connectivity index (χ2n) is 4.13. The number of hydrogen-bond donors (Lipinski definition) is 1. The summed E-state index contributed by atoms with van der Waals surface area (Å²) in [4.78, 5) is 7.89. The zero-order valence-electron chi connectivity index (χ0n) is 10.3. The van der Waals surface area contributed by atoms with Crippen LogP contribution in [0.3, 0.4) is 0 Å². The van der Waals surface area contributed by atoms with Crippen LogP contribution in [0, 0.1) is 5.92 Å². The van der Waals surface area contributed by atoms with E-state index in [4.69, 9.17) is 23.2 Å². The summed E-state index contributed by atoms with van der Waals surface area (Å²) >= 11 is 11.7. The van der Waals surface area contributed by atoms with Crippen molar-refractivity contribution in [1.29, 1.82) is 0 Å². The highest BCUT2D eigenvalue weighted by Gasteiger charge is 2.08. The molecule has 0 amide bonds. The molecule has 0 saturated heterocycles. The molecular weight excluding hydrogens is 257 g/mol. The van der Waals surface area contributed by atoms with E-state index in [9.17, 15) is 0 Å². The predicted molar refractivity (Wildman–Crippen MR) is 73.8 cm³/mol. The Morgan fingerprint density at radius 2 is 2.12 bits per heavy atom. The third-order valence-electron chi connectivity index (χ3n) is 2.82. The van der Waals surface area contributed by atoms with Gasteiger partial charge in [0.15, 0.2) is 0 Å². The van der Waals surface area contributed by atoms with Crippen LogP contribution in [0.25, 0.3) is 0 Å². The Bertz CT molecular complexity index is 345. The summed E-state index contributed by atoms with van der Waals surface area (Å²) in [7, 11) is 0. The Morgan fingerprint density at radius 1 is 1.35 bits per heavy atom. The molecule has 3 nitrogen and oxygen atoms in total. The SMILES string of the molecule is CCCCC(CC)CNc1nc(Cl)ncc1Cl. The van der Waals surface area contributed by atoms with Gasteiger partial charge in [0, 0.05) is 6.54 Å². The van der Waals surface area contributed by atoms with Crippen LogP contribution >= 0.6 is 23.2 Å². The van der Waals surface area contributed by atoms with Crippen molar-refractivity contribution in [2.45, 2.75) is 39.5 Å². The molecule has 1 aromatic heterocycles.